The first-order valence-corrected chi connectivity index (χ1v) is 7.37. The van der Waals surface area contributed by atoms with Gasteiger partial charge in [-0.3, -0.25) is 4.79 Å². The Labute approximate surface area is 109 Å². The molecule has 0 aliphatic rings. The molecule has 18 heavy (non-hydrogen) atoms. The van der Waals surface area contributed by atoms with E-state index in [0.717, 1.165) is 0 Å². The number of nitrogens with zero attached hydrogens (tertiary/aromatic N) is 1. The molecule has 0 N–H and O–H groups in total. The molecule has 0 bridgehead atoms. The topological polar surface area (TPSA) is 54.5 Å². The highest BCUT2D eigenvalue weighted by Crippen LogP contribution is 2.18. The molecule has 0 amide bonds. The van der Waals surface area contributed by atoms with E-state index in [1.54, 1.807) is 12.1 Å². The van der Waals surface area contributed by atoms with E-state index in [2.05, 4.69) is 0 Å². The number of sulfonamides is 1. The summed E-state index contributed by atoms with van der Waals surface area (Å²) in [6.45, 7) is 7.36. The Hall–Kier alpha value is -1.20. The van der Waals surface area contributed by atoms with Gasteiger partial charge in [-0.15, -0.1) is 0 Å². The molecule has 4 nitrogen and oxygen atoms in total. The summed E-state index contributed by atoms with van der Waals surface area (Å²) in [7, 11) is -3.47. The lowest BCUT2D eigenvalue weighted by Crippen LogP contribution is -2.36. The molecule has 0 atom stereocenters. The second-order valence-corrected chi connectivity index (χ2v) is 6.27. The van der Waals surface area contributed by atoms with Crippen LogP contribution in [-0.4, -0.2) is 31.1 Å². The third-order valence-electron chi connectivity index (χ3n) is 2.76. The quantitative estimate of drug-likeness (QED) is 0.771. The fraction of sp³-hybridized carbons (Fsp3) is 0.462. The van der Waals surface area contributed by atoms with Crippen molar-refractivity contribution in [3.05, 3.63) is 29.8 Å². The predicted molar refractivity (Wildman–Crippen MR) is 71.1 cm³/mol. The van der Waals surface area contributed by atoms with E-state index in [-0.39, 0.29) is 16.7 Å². The van der Waals surface area contributed by atoms with Crippen LogP contribution >= 0.6 is 0 Å². The van der Waals surface area contributed by atoms with Crippen molar-refractivity contribution in [3.8, 4) is 0 Å². The minimum Gasteiger partial charge on any atom is -0.295 e. The molecule has 1 aromatic carbocycles. The number of benzene rings is 1. The molecule has 0 fully saturated rings. The molecule has 100 valence electrons. The Morgan fingerprint density at radius 3 is 2.06 bits per heavy atom. The number of hydrogen-bond acceptors (Lipinski definition) is 3. The third-order valence-corrected chi connectivity index (χ3v) is 4.92. The van der Waals surface area contributed by atoms with E-state index < -0.39 is 10.0 Å². The van der Waals surface area contributed by atoms with Crippen LogP contribution in [0.3, 0.4) is 0 Å². The summed E-state index contributed by atoms with van der Waals surface area (Å²) in [4.78, 5) is 11.4. The molecule has 0 heterocycles. The molecule has 0 saturated heterocycles. The number of rotatable bonds is 5. The van der Waals surface area contributed by atoms with E-state index in [1.165, 1.54) is 23.4 Å². The van der Waals surface area contributed by atoms with Crippen LogP contribution in [0.1, 0.15) is 38.1 Å². The molecule has 0 aromatic heterocycles. The lowest BCUT2D eigenvalue weighted by atomic mass is 10.2. The average Bonchev–Trinajstić information content (AvgIpc) is 2.29. The van der Waals surface area contributed by atoms with Crippen molar-refractivity contribution in [1.29, 1.82) is 0 Å². The summed E-state index contributed by atoms with van der Waals surface area (Å²) >= 11 is 0. The first-order chi connectivity index (χ1) is 8.30. The fourth-order valence-electron chi connectivity index (χ4n) is 1.81. The van der Waals surface area contributed by atoms with Gasteiger partial charge >= 0.3 is 0 Å². The molecule has 1 aromatic rings. The Kier molecular flexibility index (Phi) is 4.65. The lowest BCUT2D eigenvalue weighted by molar-refractivity contribution is 0.101. The predicted octanol–water partition coefficient (Wildman–Crippen LogP) is 2.31. The molecule has 0 radical (unpaired) electrons. The van der Waals surface area contributed by atoms with Gasteiger partial charge in [0.1, 0.15) is 0 Å². The minimum atomic E-state index is -3.47. The van der Waals surface area contributed by atoms with Gasteiger partial charge in [-0.2, -0.15) is 4.31 Å². The average molecular weight is 269 g/mol. The first kappa shape index (κ1) is 14.9. The van der Waals surface area contributed by atoms with Crippen LogP contribution in [0.15, 0.2) is 29.2 Å². The number of ketones is 1. The maximum absolute atomic E-state index is 12.3. The maximum Gasteiger partial charge on any atom is 0.243 e. The molecule has 0 spiro atoms. The van der Waals surface area contributed by atoms with Crippen LogP contribution in [0.2, 0.25) is 0 Å². The van der Waals surface area contributed by atoms with Crippen molar-refractivity contribution in [3.63, 3.8) is 0 Å². The van der Waals surface area contributed by atoms with E-state index in [4.69, 9.17) is 0 Å². The smallest absolute Gasteiger partial charge is 0.243 e. The first-order valence-electron chi connectivity index (χ1n) is 5.93. The van der Waals surface area contributed by atoms with Gasteiger partial charge in [0.05, 0.1) is 4.90 Å². The Bertz CT molecular complexity index is 518. The highest BCUT2D eigenvalue weighted by atomic mass is 32.2. The van der Waals surface area contributed by atoms with Crippen molar-refractivity contribution in [2.45, 2.75) is 38.6 Å². The SMILES string of the molecule is CCN(C(C)C)S(=O)(=O)c1ccc(C(C)=O)cc1. The van der Waals surface area contributed by atoms with E-state index in [9.17, 15) is 13.2 Å². The summed E-state index contributed by atoms with van der Waals surface area (Å²) in [6.07, 6.45) is 0. The van der Waals surface area contributed by atoms with Crippen molar-refractivity contribution in [2.24, 2.45) is 0 Å². The van der Waals surface area contributed by atoms with Gasteiger partial charge in [-0.1, -0.05) is 19.1 Å². The van der Waals surface area contributed by atoms with Crippen LogP contribution in [-0.2, 0) is 10.0 Å². The number of carbonyl (C=O) groups is 1. The van der Waals surface area contributed by atoms with Crippen LogP contribution in [0, 0.1) is 0 Å². The monoisotopic (exact) mass is 269 g/mol. The molecule has 0 aliphatic heterocycles. The maximum atomic E-state index is 12.3. The number of carbonyl (C=O) groups excluding carboxylic acids is 1. The molecule has 0 saturated carbocycles. The van der Waals surface area contributed by atoms with Crippen LogP contribution in [0.25, 0.3) is 0 Å². The lowest BCUT2D eigenvalue weighted by Gasteiger charge is -2.24. The summed E-state index contributed by atoms with van der Waals surface area (Å²) in [6, 6.07) is 5.97. The van der Waals surface area contributed by atoms with E-state index in [0.29, 0.717) is 12.1 Å². The minimum absolute atomic E-state index is 0.0739. The fourth-order valence-corrected chi connectivity index (χ4v) is 3.46. The summed E-state index contributed by atoms with van der Waals surface area (Å²) < 4.78 is 26.1. The normalized spacial score (nSPS) is 12.1. The van der Waals surface area contributed by atoms with Crippen LogP contribution < -0.4 is 0 Å². The number of Topliss-reactive ketones (excluding diaryl/α,β-unsaturated/α-hetero) is 1. The van der Waals surface area contributed by atoms with Gasteiger partial charge in [-0.25, -0.2) is 8.42 Å². The van der Waals surface area contributed by atoms with Crippen LogP contribution in [0.5, 0.6) is 0 Å². The van der Waals surface area contributed by atoms with Crippen LogP contribution in [0.4, 0.5) is 0 Å². The zero-order valence-electron chi connectivity index (χ0n) is 11.2. The molecular weight excluding hydrogens is 250 g/mol. The zero-order chi connectivity index (χ0) is 13.9. The van der Waals surface area contributed by atoms with Gasteiger partial charge in [0.25, 0.3) is 0 Å². The van der Waals surface area contributed by atoms with Gasteiger partial charge < -0.3 is 0 Å². The molecule has 5 heteroatoms. The van der Waals surface area contributed by atoms with Gasteiger partial charge in [0, 0.05) is 18.2 Å². The van der Waals surface area contributed by atoms with E-state index >= 15 is 0 Å². The molecule has 0 aliphatic carbocycles. The van der Waals surface area contributed by atoms with Gasteiger partial charge in [-0.05, 0) is 32.9 Å². The van der Waals surface area contributed by atoms with Crippen molar-refractivity contribution >= 4 is 15.8 Å². The summed E-state index contributed by atoms with van der Waals surface area (Å²) in [5, 5.41) is 0. The Morgan fingerprint density at radius 2 is 1.72 bits per heavy atom. The zero-order valence-corrected chi connectivity index (χ0v) is 12.0. The van der Waals surface area contributed by atoms with Crippen molar-refractivity contribution in [2.75, 3.05) is 6.54 Å². The Balaban J connectivity index is 3.16. The highest BCUT2D eigenvalue weighted by molar-refractivity contribution is 7.89. The van der Waals surface area contributed by atoms with Gasteiger partial charge in [0.15, 0.2) is 5.78 Å². The second-order valence-electron chi connectivity index (χ2n) is 4.38. The summed E-state index contributed by atoms with van der Waals surface area (Å²) in [5.41, 5.74) is 0.515. The number of hydrogen-bond donors (Lipinski definition) is 0. The standard InChI is InChI=1S/C13H19NO3S/c1-5-14(10(2)3)18(16,17)13-8-6-12(7-9-13)11(4)15/h6-10H,5H2,1-4H3. The Morgan fingerprint density at radius 1 is 1.22 bits per heavy atom. The summed E-state index contributed by atoms with van der Waals surface area (Å²) in [5.74, 6) is -0.0739. The highest BCUT2D eigenvalue weighted by Gasteiger charge is 2.25. The van der Waals surface area contributed by atoms with E-state index in [1.807, 2.05) is 20.8 Å². The second kappa shape index (κ2) is 5.63. The molecule has 1 rings (SSSR count). The van der Waals surface area contributed by atoms with Crippen molar-refractivity contribution < 1.29 is 13.2 Å². The third kappa shape index (κ3) is 2.97. The molecular formula is C13H19NO3S. The van der Waals surface area contributed by atoms with Crippen molar-refractivity contribution in [1.82, 2.24) is 4.31 Å². The van der Waals surface area contributed by atoms with Gasteiger partial charge in [0.2, 0.25) is 10.0 Å². The molecule has 0 unspecified atom stereocenters. The largest absolute Gasteiger partial charge is 0.295 e.